The Hall–Kier alpha value is -4.23. The lowest BCUT2D eigenvalue weighted by atomic mass is 9.91. The number of aryl methyl sites for hydroxylation is 1. The zero-order valence-electron chi connectivity index (χ0n) is 18.9. The summed E-state index contributed by atoms with van der Waals surface area (Å²) in [5.74, 6) is 0.410. The van der Waals surface area contributed by atoms with Crippen molar-refractivity contribution in [2.75, 3.05) is 0 Å². The van der Waals surface area contributed by atoms with Gasteiger partial charge in [0, 0.05) is 22.9 Å². The van der Waals surface area contributed by atoms with Gasteiger partial charge in [0.05, 0.1) is 22.4 Å². The molecule has 0 bridgehead atoms. The molecule has 172 valence electrons. The Morgan fingerprint density at radius 2 is 1.91 bits per heavy atom. The van der Waals surface area contributed by atoms with Crippen LogP contribution in [-0.2, 0) is 0 Å². The van der Waals surface area contributed by atoms with Crippen LogP contribution in [0.5, 0.6) is 0 Å². The van der Waals surface area contributed by atoms with Crippen LogP contribution in [0.25, 0.3) is 22.0 Å². The zero-order chi connectivity index (χ0) is 23.9. The topological polar surface area (TPSA) is 78.7 Å². The normalized spacial score (nSPS) is 15.5. The van der Waals surface area contributed by atoms with E-state index in [-0.39, 0.29) is 11.5 Å². The SMILES string of the molecule is Cc1ccc2c(-c3ccccc3)c(C3=NN(C(=O)c4cccs4)[C@@H](c4ccco4)C3)c(=O)[nH]c2c1. The van der Waals surface area contributed by atoms with Gasteiger partial charge in [-0.1, -0.05) is 48.5 Å². The maximum Gasteiger partial charge on any atom is 0.284 e. The van der Waals surface area contributed by atoms with Gasteiger partial charge in [0.2, 0.25) is 0 Å². The molecule has 0 spiro atoms. The molecule has 0 unspecified atom stereocenters. The number of aromatic amines is 1. The molecular weight excluding hydrogens is 458 g/mol. The van der Waals surface area contributed by atoms with Gasteiger partial charge in [0.15, 0.2) is 0 Å². The molecule has 6 rings (SSSR count). The average molecular weight is 480 g/mol. The van der Waals surface area contributed by atoms with Crippen molar-refractivity contribution in [3.8, 4) is 11.1 Å². The van der Waals surface area contributed by atoms with Gasteiger partial charge in [0.25, 0.3) is 11.5 Å². The number of nitrogens with zero attached hydrogens (tertiary/aromatic N) is 2. The van der Waals surface area contributed by atoms with Crippen LogP contribution in [0.15, 0.2) is 98.8 Å². The van der Waals surface area contributed by atoms with Crippen LogP contribution in [0.1, 0.15) is 39.0 Å². The number of H-pyrrole nitrogens is 1. The standard InChI is InChI=1S/C28H21N3O3S/c1-17-11-12-19-20(15-17)29-27(32)26(25(19)18-7-3-2-4-8-18)21-16-22(23-9-5-13-34-23)31(30-21)28(33)24-10-6-14-35-24/h2-15,22H,16H2,1H3,(H,29,32)/t22-/m1/s1. The molecule has 2 aromatic carbocycles. The van der Waals surface area contributed by atoms with Gasteiger partial charge in [0.1, 0.15) is 11.8 Å². The molecule has 0 saturated carbocycles. The second-order valence-corrected chi connectivity index (χ2v) is 9.48. The highest BCUT2D eigenvalue weighted by molar-refractivity contribution is 7.12. The largest absolute Gasteiger partial charge is 0.467 e. The van der Waals surface area contributed by atoms with Crippen LogP contribution in [0.3, 0.4) is 0 Å². The molecular formula is C28H21N3O3S. The van der Waals surface area contributed by atoms with Gasteiger partial charge < -0.3 is 9.40 Å². The molecule has 1 aliphatic rings. The number of benzene rings is 2. The Morgan fingerprint density at radius 1 is 1.06 bits per heavy atom. The minimum Gasteiger partial charge on any atom is -0.467 e. The Morgan fingerprint density at radius 3 is 2.66 bits per heavy atom. The number of fused-ring (bicyclic) bond motifs is 1. The van der Waals surface area contributed by atoms with Gasteiger partial charge in [-0.2, -0.15) is 5.10 Å². The summed E-state index contributed by atoms with van der Waals surface area (Å²) in [4.78, 5) is 30.6. The fourth-order valence-electron chi connectivity index (χ4n) is 4.66. The summed E-state index contributed by atoms with van der Waals surface area (Å²) in [7, 11) is 0. The second-order valence-electron chi connectivity index (χ2n) is 8.53. The second kappa shape index (κ2) is 8.52. The average Bonchev–Trinajstić information content (AvgIpc) is 3.65. The van der Waals surface area contributed by atoms with Crippen LogP contribution in [0.2, 0.25) is 0 Å². The van der Waals surface area contributed by atoms with E-state index in [0.717, 1.165) is 27.6 Å². The Labute approximate surface area is 205 Å². The molecule has 35 heavy (non-hydrogen) atoms. The number of carbonyl (C=O) groups excluding carboxylic acids is 1. The maximum absolute atomic E-state index is 13.6. The van der Waals surface area contributed by atoms with E-state index in [1.54, 1.807) is 18.4 Å². The van der Waals surface area contributed by atoms with Crippen molar-refractivity contribution in [2.45, 2.75) is 19.4 Å². The van der Waals surface area contributed by atoms with E-state index in [1.807, 2.05) is 73.0 Å². The lowest BCUT2D eigenvalue weighted by Crippen LogP contribution is -2.26. The number of furan rings is 1. The third-order valence-electron chi connectivity index (χ3n) is 6.24. The molecule has 6 nitrogen and oxygen atoms in total. The van der Waals surface area contributed by atoms with Crippen molar-refractivity contribution < 1.29 is 9.21 Å². The van der Waals surface area contributed by atoms with Gasteiger partial charge in [-0.05, 0) is 47.7 Å². The Balaban J connectivity index is 1.57. The highest BCUT2D eigenvalue weighted by Gasteiger charge is 2.37. The number of hydrogen-bond acceptors (Lipinski definition) is 5. The summed E-state index contributed by atoms with van der Waals surface area (Å²) in [6, 6.07) is 22.7. The number of rotatable bonds is 4. The molecule has 1 aliphatic heterocycles. The van der Waals surface area contributed by atoms with Crippen LogP contribution in [0.4, 0.5) is 0 Å². The summed E-state index contributed by atoms with van der Waals surface area (Å²) in [5.41, 5.74) is 4.36. The van der Waals surface area contributed by atoms with Gasteiger partial charge >= 0.3 is 0 Å². The summed E-state index contributed by atoms with van der Waals surface area (Å²) in [6.45, 7) is 2.00. The number of pyridine rings is 1. The van der Waals surface area contributed by atoms with Crippen LogP contribution in [0, 0.1) is 6.92 Å². The molecule has 1 amide bonds. The molecule has 0 aliphatic carbocycles. The molecule has 1 N–H and O–H groups in total. The molecule has 1 atom stereocenters. The fourth-order valence-corrected chi connectivity index (χ4v) is 5.31. The number of carbonyl (C=O) groups is 1. The lowest BCUT2D eigenvalue weighted by molar-refractivity contribution is 0.0698. The third kappa shape index (κ3) is 3.70. The fraction of sp³-hybridized carbons (Fsp3) is 0.107. The molecule has 3 aromatic heterocycles. The Kier molecular flexibility index (Phi) is 5.19. The maximum atomic E-state index is 13.6. The van der Waals surface area contributed by atoms with Gasteiger partial charge in [-0.25, -0.2) is 5.01 Å². The first-order chi connectivity index (χ1) is 17.1. The molecule has 5 aromatic rings. The van der Waals surface area contributed by atoms with Gasteiger partial charge in [-0.3, -0.25) is 9.59 Å². The number of hydrogen-bond donors (Lipinski definition) is 1. The van der Waals surface area contributed by atoms with Crippen molar-refractivity contribution in [3.05, 3.63) is 117 Å². The van der Waals surface area contributed by atoms with Crippen LogP contribution in [-0.4, -0.2) is 21.6 Å². The summed E-state index contributed by atoms with van der Waals surface area (Å²) >= 11 is 1.36. The molecule has 4 heterocycles. The predicted octanol–water partition coefficient (Wildman–Crippen LogP) is 6.15. The van der Waals surface area contributed by atoms with E-state index in [4.69, 9.17) is 9.52 Å². The highest BCUT2D eigenvalue weighted by Crippen LogP contribution is 2.38. The number of aromatic nitrogens is 1. The third-order valence-corrected chi connectivity index (χ3v) is 7.10. The van der Waals surface area contributed by atoms with Crippen molar-refractivity contribution in [1.29, 1.82) is 0 Å². The van der Waals surface area contributed by atoms with E-state index in [2.05, 4.69) is 4.98 Å². The Bertz CT molecular complexity index is 1620. The minimum atomic E-state index is -0.439. The van der Waals surface area contributed by atoms with E-state index in [0.29, 0.717) is 28.3 Å². The quantitative estimate of drug-likeness (QED) is 0.336. The van der Waals surface area contributed by atoms with Crippen LogP contribution < -0.4 is 5.56 Å². The van der Waals surface area contributed by atoms with Gasteiger partial charge in [-0.15, -0.1) is 11.3 Å². The van der Waals surface area contributed by atoms with E-state index >= 15 is 0 Å². The zero-order valence-corrected chi connectivity index (χ0v) is 19.7. The van der Waals surface area contributed by atoms with E-state index in [9.17, 15) is 9.59 Å². The van der Waals surface area contributed by atoms with Crippen LogP contribution >= 0.6 is 11.3 Å². The number of nitrogens with one attached hydrogen (secondary N) is 1. The first kappa shape index (κ1) is 21.3. The monoisotopic (exact) mass is 479 g/mol. The number of amides is 1. The van der Waals surface area contributed by atoms with Crippen molar-refractivity contribution >= 4 is 33.9 Å². The summed E-state index contributed by atoms with van der Waals surface area (Å²) in [6.07, 6.45) is 1.95. The molecule has 0 fully saturated rings. The smallest absolute Gasteiger partial charge is 0.284 e. The first-order valence-corrected chi connectivity index (χ1v) is 12.2. The van der Waals surface area contributed by atoms with Crippen molar-refractivity contribution in [3.63, 3.8) is 0 Å². The highest BCUT2D eigenvalue weighted by atomic mass is 32.1. The number of hydrazone groups is 1. The summed E-state index contributed by atoms with van der Waals surface area (Å²) in [5, 5.41) is 8.99. The molecule has 0 saturated heterocycles. The summed E-state index contributed by atoms with van der Waals surface area (Å²) < 4.78 is 5.68. The van der Waals surface area contributed by atoms with Crippen molar-refractivity contribution in [1.82, 2.24) is 9.99 Å². The van der Waals surface area contributed by atoms with E-state index in [1.165, 1.54) is 16.3 Å². The first-order valence-electron chi connectivity index (χ1n) is 11.3. The molecule has 7 heteroatoms. The number of thiophene rings is 1. The lowest BCUT2D eigenvalue weighted by Gasteiger charge is -2.19. The predicted molar refractivity (Wildman–Crippen MR) is 138 cm³/mol. The van der Waals surface area contributed by atoms with Crippen molar-refractivity contribution in [2.24, 2.45) is 5.10 Å². The van der Waals surface area contributed by atoms with E-state index < -0.39 is 6.04 Å². The minimum absolute atomic E-state index is 0.217. The molecule has 0 radical (unpaired) electrons.